The van der Waals surface area contributed by atoms with Crippen molar-refractivity contribution in [2.75, 3.05) is 0 Å². The van der Waals surface area contributed by atoms with Crippen LogP contribution >= 0.6 is 0 Å². The van der Waals surface area contributed by atoms with Crippen LogP contribution in [0.25, 0.3) is 0 Å². The first kappa shape index (κ1) is 13.4. The van der Waals surface area contributed by atoms with Crippen LogP contribution in [-0.4, -0.2) is 12.2 Å². The van der Waals surface area contributed by atoms with Crippen LogP contribution in [0, 0.1) is 10.8 Å². The predicted molar refractivity (Wildman–Crippen MR) is 72.2 cm³/mol. The molecule has 0 heterocycles. The van der Waals surface area contributed by atoms with Crippen LogP contribution in [0.15, 0.2) is 34.6 Å². The molecule has 1 aromatic carbocycles. The molecular weight excluding hydrogens is 244 g/mol. The van der Waals surface area contributed by atoms with E-state index in [0.29, 0.717) is 5.69 Å². The van der Waals surface area contributed by atoms with Crippen molar-refractivity contribution in [1.29, 1.82) is 0 Å². The lowest BCUT2D eigenvalue weighted by Crippen LogP contribution is -2.18. The summed E-state index contributed by atoms with van der Waals surface area (Å²) in [6.45, 7) is 0. The van der Waals surface area contributed by atoms with E-state index in [1.165, 1.54) is 12.6 Å². The Morgan fingerprint density at radius 3 is 2.47 bits per heavy atom. The maximum Gasteiger partial charge on any atom is 0.338 e. The molecule has 2 rings (SSSR count). The fourth-order valence-corrected chi connectivity index (χ4v) is 2.17. The summed E-state index contributed by atoms with van der Waals surface area (Å²) < 4.78 is 0. The van der Waals surface area contributed by atoms with Crippen LogP contribution in [0.5, 0.6) is 0 Å². The van der Waals surface area contributed by atoms with Gasteiger partial charge in [-0.25, -0.2) is 4.79 Å². The molecule has 0 amide bonds. The van der Waals surface area contributed by atoms with Crippen molar-refractivity contribution < 1.29 is 9.63 Å². The zero-order valence-corrected chi connectivity index (χ0v) is 10.6. The molecule has 0 N–H and O–H groups in total. The summed E-state index contributed by atoms with van der Waals surface area (Å²) in [6.07, 6.45) is 6.62. The Balaban J connectivity index is 1.84. The van der Waals surface area contributed by atoms with Crippen LogP contribution in [0.3, 0.4) is 0 Å². The molecule has 100 valence electrons. The topological polar surface area (TPSA) is 68.1 Å². The molecule has 0 aliphatic heterocycles. The van der Waals surface area contributed by atoms with Crippen LogP contribution in [0.2, 0.25) is 0 Å². The van der Waals surface area contributed by atoms with E-state index in [-0.39, 0.29) is 11.9 Å². The van der Waals surface area contributed by atoms with Gasteiger partial charge in [0, 0.05) is 0 Å². The van der Waals surface area contributed by atoms with Gasteiger partial charge in [0.15, 0.2) is 0 Å². The number of benzene rings is 1. The third kappa shape index (κ3) is 3.98. The van der Waals surface area contributed by atoms with Gasteiger partial charge in [-0.1, -0.05) is 36.6 Å². The predicted octanol–water partition coefficient (Wildman–Crippen LogP) is 3.54. The summed E-state index contributed by atoms with van der Waals surface area (Å²) in [6, 6.07) is 6.54. The van der Waals surface area contributed by atoms with E-state index in [2.05, 4.69) is 10.3 Å². The molecule has 0 radical (unpaired) electrons. The Bertz CT molecular complexity index is 462. The van der Waals surface area contributed by atoms with Gasteiger partial charge >= 0.3 is 5.97 Å². The lowest BCUT2D eigenvalue weighted by atomic mass is 9.89. The largest absolute Gasteiger partial charge is 0.338 e. The lowest BCUT2D eigenvalue weighted by Gasteiger charge is -2.17. The van der Waals surface area contributed by atoms with Gasteiger partial charge in [0.2, 0.25) is 0 Å². The van der Waals surface area contributed by atoms with Crippen LogP contribution in [0.1, 0.15) is 37.7 Å². The molecule has 1 aliphatic rings. The van der Waals surface area contributed by atoms with Crippen LogP contribution in [-0.2, 0) is 9.63 Å². The zero-order valence-electron chi connectivity index (χ0n) is 10.6. The molecule has 1 aliphatic carbocycles. The first-order valence-corrected chi connectivity index (χ1v) is 6.47. The average Bonchev–Trinajstić information content (AvgIpc) is 2.49. The van der Waals surface area contributed by atoms with E-state index in [1.54, 1.807) is 24.3 Å². The Morgan fingerprint density at radius 2 is 1.84 bits per heavy atom. The lowest BCUT2D eigenvalue weighted by molar-refractivity contribution is -0.149. The van der Waals surface area contributed by atoms with Gasteiger partial charge in [0.05, 0.1) is 12.1 Å². The molecule has 0 aromatic heterocycles. The third-order valence-corrected chi connectivity index (χ3v) is 3.28. The van der Waals surface area contributed by atoms with Crippen LogP contribution in [0.4, 0.5) is 5.69 Å². The van der Waals surface area contributed by atoms with Gasteiger partial charge < -0.3 is 4.84 Å². The standard InChI is InChI=1S/C14H16N2O3/c17-14(12-4-2-1-3-5-12)19-15-10-11-6-8-13(16-18)9-7-11/h6-10,12H,1-5H2/b15-10+. The number of carbonyl (C=O) groups excluding carboxylic acids is 1. The zero-order chi connectivity index (χ0) is 13.5. The summed E-state index contributed by atoms with van der Waals surface area (Å²) in [5.74, 6) is -0.255. The summed E-state index contributed by atoms with van der Waals surface area (Å²) >= 11 is 0. The second-order valence-electron chi connectivity index (χ2n) is 4.66. The highest BCUT2D eigenvalue weighted by atomic mass is 16.7. The fourth-order valence-electron chi connectivity index (χ4n) is 2.17. The quantitative estimate of drug-likeness (QED) is 0.360. The monoisotopic (exact) mass is 260 g/mol. The highest BCUT2D eigenvalue weighted by Crippen LogP contribution is 2.24. The highest BCUT2D eigenvalue weighted by Gasteiger charge is 2.22. The molecule has 1 fully saturated rings. The summed E-state index contributed by atoms with van der Waals surface area (Å²) in [4.78, 5) is 26.8. The van der Waals surface area contributed by atoms with Crippen molar-refractivity contribution in [2.24, 2.45) is 16.3 Å². The molecular formula is C14H16N2O3. The normalized spacial score (nSPS) is 16.4. The Kier molecular flexibility index (Phi) is 4.78. The van der Waals surface area contributed by atoms with Crippen molar-refractivity contribution >= 4 is 17.9 Å². The molecule has 5 nitrogen and oxygen atoms in total. The smallest absolute Gasteiger partial charge is 0.318 e. The van der Waals surface area contributed by atoms with Gasteiger partial charge in [0.1, 0.15) is 5.69 Å². The van der Waals surface area contributed by atoms with Crippen molar-refractivity contribution in [3.8, 4) is 0 Å². The molecule has 0 atom stereocenters. The van der Waals surface area contributed by atoms with E-state index in [9.17, 15) is 9.70 Å². The SMILES string of the molecule is O=Nc1ccc(/C=N/OC(=O)C2CCCCC2)cc1. The molecule has 0 bridgehead atoms. The maximum atomic E-state index is 11.7. The number of nitroso groups, excluding NO2 is 1. The number of nitrogens with zero attached hydrogens (tertiary/aromatic N) is 2. The summed E-state index contributed by atoms with van der Waals surface area (Å²) in [5.41, 5.74) is 1.11. The van der Waals surface area contributed by atoms with E-state index in [4.69, 9.17) is 4.84 Å². The average molecular weight is 260 g/mol. The van der Waals surface area contributed by atoms with Gasteiger partial charge in [-0.3, -0.25) is 0 Å². The third-order valence-electron chi connectivity index (χ3n) is 3.28. The molecule has 19 heavy (non-hydrogen) atoms. The van der Waals surface area contributed by atoms with Crippen LogP contribution < -0.4 is 0 Å². The minimum Gasteiger partial charge on any atom is -0.318 e. The molecule has 1 aromatic rings. The van der Waals surface area contributed by atoms with Gasteiger partial charge in [-0.2, -0.15) is 0 Å². The van der Waals surface area contributed by atoms with Crippen molar-refractivity contribution in [3.63, 3.8) is 0 Å². The van der Waals surface area contributed by atoms with E-state index in [0.717, 1.165) is 31.2 Å². The Hall–Kier alpha value is -2.04. The molecule has 5 heteroatoms. The summed E-state index contributed by atoms with van der Waals surface area (Å²) in [5, 5.41) is 6.49. The number of hydrogen-bond donors (Lipinski definition) is 0. The Labute approximate surface area is 111 Å². The molecule has 0 unspecified atom stereocenters. The van der Waals surface area contributed by atoms with Crippen molar-refractivity contribution in [1.82, 2.24) is 0 Å². The molecule has 0 spiro atoms. The van der Waals surface area contributed by atoms with E-state index in [1.807, 2.05) is 0 Å². The number of rotatable bonds is 4. The van der Waals surface area contributed by atoms with E-state index < -0.39 is 0 Å². The minimum absolute atomic E-state index is 0.00691. The first-order valence-electron chi connectivity index (χ1n) is 6.47. The van der Waals surface area contributed by atoms with E-state index >= 15 is 0 Å². The number of hydrogen-bond acceptors (Lipinski definition) is 5. The number of oxime groups is 1. The van der Waals surface area contributed by atoms with Crippen molar-refractivity contribution in [2.45, 2.75) is 32.1 Å². The second kappa shape index (κ2) is 6.78. The molecule has 1 saturated carbocycles. The minimum atomic E-state index is -0.248. The maximum absolute atomic E-state index is 11.7. The van der Waals surface area contributed by atoms with Gasteiger partial charge in [0.25, 0.3) is 0 Å². The van der Waals surface area contributed by atoms with Gasteiger partial charge in [-0.05, 0) is 35.7 Å². The first-order chi connectivity index (χ1) is 9.29. The Morgan fingerprint density at radius 1 is 1.16 bits per heavy atom. The second-order valence-corrected chi connectivity index (χ2v) is 4.66. The highest BCUT2D eigenvalue weighted by molar-refractivity contribution is 5.81. The van der Waals surface area contributed by atoms with Crippen molar-refractivity contribution in [3.05, 3.63) is 34.7 Å². The summed E-state index contributed by atoms with van der Waals surface area (Å²) in [7, 11) is 0. The fraction of sp³-hybridized carbons (Fsp3) is 0.429. The molecule has 0 saturated heterocycles. The number of carbonyl (C=O) groups is 1. The van der Waals surface area contributed by atoms with Gasteiger partial charge in [-0.15, -0.1) is 4.91 Å².